The second-order valence-corrected chi connectivity index (χ2v) is 5.99. The number of aliphatic hydroxyl groups excluding tert-OH is 1. The van der Waals surface area contributed by atoms with Gasteiger partial charge in [-0.05, 0) is 44.5 Å². The highest BCUT2D eigenvalue weighted by Crippen LogP contribution is 2.27. The van der Waals surface area contributed by atoms with Crippen LogP contribution in [0.3, 0.4) is 0 Å². The summed E-state index contributed by atoms with van der Waals surface area (Å²) < 4.78 is 0. The molecule has 21 heavy (non-hydrogen) atoms. The highest BCUT2D eigenvalue weighted by molar-refractivity contribution is 6.30. The highest BCUT2D eigenvalue weighted by atomic mass is 35.5. The molecule has 1 aromatic carbocycles. The molecular formula is C16H22ClN3O. The Morgan fingerprint density at radius 1 is 1.43 bits per heavy atom. The van der Waals surface area contributed by atoms with Gasteiger partial charge in [-0.3, -0.25) is 0 Å². The molecule has 0 bridgehead atoms. The lowest BCUT2D eigenvalue weighted by atomic mass is 10.0. The third-order valence-electron chi connectivity index (χ3n) is 4.18. The van der Waals surface area contributed by atoms with E-state index in [1.807, 2.05) is 12.1 Å². The number of halogens is 1. The number of nitrogens with zero attached hydrogens (tertiary/aromatic N) is 3. The maximum Gasteiger partial charge on any atom is 0.101 e. The Morgan fingerprint density at radius 3 is 2.76 bits per heavy atom. The molecule has 0 saturated carbocycles. The summed E-state index contributed by atoms with van der Waals surface area (Å²) in [4.78, 5) is 4.60. The predicted octanol–water partition coefficient (Wildman–Crippen LogP) is 2.49. The molecule has 0 atom stereocenters. The van der Waals surface area contributed by atoms with Gasteiger partial charge >= 0.3 is 0 Å². The SMILES string of the molecule is CN(CCCO)C1CCN(c2ccc(Cl)cc2C#N)CC1. The first-order valence-electron chi connectivity index (χ1n) is 7.41. The minimum Gasteiger partial charge on any atom is -0.396 e. The van der Waals surface area contributed by atoms with Crippen molar-refractivity contribution >= 4 is 17.3 Å². The van der Waals surface area contributed by atoms with Crippen molar-refractivity contribution < 1.29 is 5.11 Å². The first-order chi connectivity index (χ1) is 10.2. The van der Waals surface area contributed by atoms with Crippen LogP contribution in [0.2, 0.25) is 5.02 Å². The van der Waals surface area contributed by atoms with Gasteiger partial charge in [-0.25, -0.2) is 0 Å². The summed E-state index contributed by atoms with van der Waals surface area (Å²) >= 11 is 5.95. The molecule has 1 aliphatic heterocycles. The van der Waals surface area contributed by atoms with Crippen molar-refractivity contribution in [3.8, 4) is 6.07 Å². The molecule has 4 nitrogen and oxygen atoms in total. The van der Waals surface area contributed by atoms with Crippen LogP contribution in [0.1, 0.15) is 24.8 Å². The smallest absolute Gasteiger partial charge is 0.101 e. The van der Waals surface area contributed by atoms with Crippen LogP contribution in [0, 0.1) is 11.3 Å². The maximum atomic E-state index is 9.24. The maximum absolute atomic E-state index is 9.24. The number of hydrogen-bond acceptors (Lipinski definition) is 4. The van der Waals surface area contributed by atoms with Gasteiger partial charge in [0.05, 0.1) is 11.3 Å². The zero-order valence-corrected chi connectivity index (χ0v) is 13.2. The Hall–Kier alpha value is -1.28. The van der Waals surface area contributed by atoms with Gasteiger partial charge < -0.3 is 14.9 Å². The molecule has 0 aliphatic carbocycles. The van der Waals surface area contributed by atoms with Gasteiger partial charge in [0, 0.05) is 37.3 Å². The molecule has 1 heterocycles. The van der Waals surface area contributed by atoms with Crippen LogP contribution in [0.4, 0.5) is 5.69 Å². The summed E-state index contributed by atoms with van der Waals surface area (Å²) in [5.74, 6) is 0. The Bertz CT molecular complexity index is 507. The molecule has 1 saturated heterocycles. The van der Waals surface area contributed by atoms with Crippen LogP contribution in [0.5, 0.6) is 0 Å². The van der Waals surface area contributed by atoms with E-state index >= 15 is 0 Å². The van der Waals surface area contributed by atoms with Gasteiger partial charge in [0.15, 0.2) is 0 Å². The van der Waals surface area contributed by atoms with E-state index in [0.717, 1.165) is 44.6 Å². The summed E-state index contributed by atoms with van der Waals surface area (Å²) in [5.41, 5.74) is 1.63. The second-order valence-electron chi connectivity index (χ2n) is 5.55. The molecule has 114 valence electrons. The molecule has 0 radical (unpaired) electrons. The molecule has 5 heteroatoms. The van der Waals surface area contributed by atoms with E-state index in [0.29, 0.717) is 16.6 Å². The Kier molecular flexibility index (Phi) is 5.86. The molecule has 0 amide bonds. The van der Waals surface area contributed by atoms with Crippen molar-refractivity contribution in [2.75, 3.05) is 38.2 Å². The monoisotopic (exact) mass is 307 g/mol. The molecule has 0 aromatic heterocycles. The number of hydrogen-bond donors (Lipinski definition) is 1. The van der Waals surface area contributed by atoms with Crippen LogP contribution in [0.15, 0.2) is 18.2 Å². The minimum absolute atomic E-state index is 0.249. The normalized spacial score (nSPS) is 16.2. The van der Waals surface area contributed by atoms with Crippen LogP contribution in [0.25, 0.3) is 0 Å². The summed E-state index contributed by atoms with van der Waals surface area (Å²) in [7, 11) is 2.12. The van der Waals surface area contributed by atoms with Crippen LogP contribution >= 0.6 is 11.6 Å². The average molecular weight is 308 g/mol. The summed E-state index contributed by atoms with van der Waals surface area (Å²) in [6.07, 6.45) is 2.98. The largest absolute Gasteiger partial charge is 0.396 e. The minimum atomic E-state index is 0.249. The standard InChI is InChI=1S/C16H22ClN3O/c1-19(7-2-10-21)15-5-8-20(9-6-15)16-4-3-14(17)11-13(16)12-18/h3-4,11,15,21H,2,5-10H2,1H3. The van der Waals surface area contributed by atoms with Gasteiger partial charge in [-0.2, -0.15) is 5.26 Å². The number of aliphatic hydroxyl groups is 1. The van der Waals surface area contributed by atoms with E-state index in [1.165, 1.54) is 0 Å². The Labute approximate surface area is 131 Å². The van der Waals surface area contributed by atoms with Crippen LogP contribution < -0.4 is 4.90 Å². The average Bonchev–Trinajstić information content (AvgIpc) is 2.52. The number of anilines is 1. The molecule has 2 rings (SSSR count). The summed E-state index contributed by atoms with van der Waals surface area (Å²) in [5, 5.41) is 18.8. The van der Waals surface area contributed by atoms with Crippen molar-refractivity contribution in [1.82, 2.24) is 4.90 Å². The zero-order chi connectivity index (χ0) is 15.2. The Morgan fingerprint density at radius 2 is 2.14 bits per heavy atom. The topological polar surface area (TPSA) is 50.5 Å². The predicted molar refractivity (Wildman–Crippen MR) is 85.7 cm³/mol. The van der Waals surface area contributed by atoms with Crippen molar-refractivity contribution in [3.63, 3.8) is 0 Å². The third kappa shape index (κ3) is 4.10. The van der Waals surface area contributed by atoms with Gasteiger partial charge in [-0.15, -0.1) is 0 Å². The fraction of sp³-hybridized carbons (Fsp3) is 0.562. The van der Waals surface area contributed by atoms with Gasteiger partial charge in [0.25, 0.3) is 0 Å². The highest BCUT2D eigenvalue weighted by Gasteiger charge is 2.23. The first-order valence-corrected chi connectivity index (χ1v) is 7.79. The molecular weight excluding hydrogens is 286 g/mol. The van der Waals surface area contributed by atoms with Gasteiger partial charge in [0.1, 0.15) is 6.07 Å². The molecule has 0 spiro atoms. The fourth-order valence-electron chi connectivity index (χ4n) is 2.92. The van der Waals surface area contributed by atoms with E-state index in [9.17, 15) is 5.26 Å². The molecule has 1 aliphatic rings. The summed E-state index contributed by atoms with van der Waals surface area (Å²) in [6, 6.07) is 8.31. The van der Waals surface area contributed by atoms with E-state index in [2.05, 4.69) is 22.9 Å². The van der Waals surface area contributed by atoms with E-state index in [1.54, 1.807) is 6.07 Å². The van der Waals surface area contributed by atoms with Crippen LogP contribution in [-0.2, 0) is 0 Å². The lowest BCUT2D eigenvalue weighted by molar-refractivity contribution is 0.184. The number of piperidine rings is 1. The van der Waals surface area contributed by atoms with Gasteiger partial charge in [0.2, 0.25) is 0 Å². The van der Waals surface area contributed by atoms with E-state index < -0.39 is 0 Å². The fourth-order valence-corrected chi connectivity index (χ4v) is 3.10. The Balaban J connectivity index is 1.97. The quantitative estimate of drug-likeness (QED) is 0.908. The molecule has 1 aromatic rings. The molecule has 1 fully saturated rings. The molecule has 0 unspecified atom stereocenters. The first kappa shape index (κ1) is 16.1. The molecule has 1 N–H and O–H groups in total. The summed E-state index contributed by atoms with van der Waals surface area (Å²) in [6.45, 7) is 3.08. The van der Waals surface area contributed by atoms with Crippen LogP contribution in [-0.4, -0.2) is 49.3 Å². The van der Waals surface area contributed by atoms with Crippen molar-refractivity contribution in [2.24, 2.45) is 0 Å². The van der Waals surface area contributed by atoms with Gasteiger partial charge in [-0.1, -0.05) is 11.6 Å². The van der Waals surface area contributed by atoms with E-state index in [4.69, 9.17) is 16.7 Å². The zero-order valence-electron chi connectivity index (χ0n) is 12.4. The number of rotatable bonds is 5. The third-order valence-corrected chi connectivity index (χ3v) is 4.41. The second kappa shape index (κ2) is 7.65. The van der Waals surface area contributed by atoms with E-state index in [-0.39, 0.29) is 6.61 Å². The lowest BCUT2D eigenvalue weighted by Gasteiger charge is -2.38. The lowest BCUT2D eigenvalue weighted by Crippen LogP contribution is -2.44. The van der Waals surface area contributed by atoms with Crippen molar-refractivity contribution in [1.29, 1.82) is 5.26 Å². The number of nitriles is 1. The van der Waals surface area contributed by atoms with Crippen molar-refractivity contribution in [3.05, 3.63) is 28.8 Å². The van der Waals surface area contributed by atoms with Crippen molar-refractivity contribution in [2.45, 2.75) is 25.3 Å². The number of benzene rings is 1.